The van der Waals surface area contributed by atoms with Crippen LogP contribution in [0.2, 0.25) is 0 Å². The predicted octanol–water partition coefficient (Wildman–Crippen LogP) is 5.37. The average molecular weight is 452 g/mol. The molecule has 162 valence electrons. The van der Waals surface area contributed by atoms with Gasteiger partial charge in [0.05, 0.1) is 29.0 Å². The van der Waals surface area contributed by atoms with Gasteiger partial charge in [0, 0.05) is 22.6 Å². The Hall–Kier alpha value is -3.97. The first-order valence-electron chi connectivity index (χ1n) is 10.8. The third-order valence-electron chi connectivity index (χ3n) is 6.25. The Labute approximate surface area is 194 Å². The smallest absolute Gasteiger partial charge is 0.255 e. The summed E-state index contributed by atoms with van der Waals surface area (Å²) in [5, 5.41) is 6.10. The summed E-state index contributed by atoms with van der Waals surface area (Å²) in [6, 6.07) is 21.1. The Morgan fingerprint density at radius 3 is 2.61 bits per heavy atom. The van der Waals surface area contributed by atoms with Crippen LogP contribution < -0.4 is 11.1 Å². The molecule has 3 N–H and O–H groups in total. The third-order valence-corrected chi connectivity index (χ3v) is 7.30. The Kier molecular flexibility index (Phi) is 4.52. The van der Waals surface area contributed by atoms with Crippen LogP contribution in [0.5, 0.6) is 0 Å². The first-order chi connectivity index (χ1) is 16.1. The first-order valence-corrected chi connectivity index (χ1v) is 11.7. The highest BCUT2D eigenvalue weighted by Crippen LogP contribution is 2.54. The number of carbonyl (C=O) groups is 1. The van der Waals surface area contributed by atoms with Crippen LogP contribution in [-0.2, 0) is 5.41 Å². The third kappa shape index (κ3) is 3.37. The number of nitrogens with two attached hydrogens (primary N) is 1. The number of thiazole rings is 1. The molecule has 0 aliphatic heterocycles. The second-order valence-electron chi connectivity index (χ2n) is 8.31. The number of pyridine rings is 1. The minimum absolute atomic E-state index is 0.0672. The number of hydrogen-bond acceptors (Lipinski definition) is 5. The van der Waals surface area contributed by atoms with Gasteiger partial charge in [-0.15, -0.1) is 11.3 Å². The van der Waals surface area contributed by atoms with Crippen molar-refractivity contribution in [3.63, 3.8) is 0 Å². The topological polar surface area (TPSA) is 85.3 Å². The first kappa shape index (κ1) is 19.7. The van der Waals surface area contributed by atoms with Crippen LogP contribution in [0.4, 0.5) is 11.4 Å². The lowest BCUT2D eigenvalue weighted by molar-refractivity contribution is 0.102. The molecule has 1 amide bonds. The molecule has 6 nitrogen and oxygen atoms in total. The van der Waals surface area contributed by atoms with Crippen LogP contribution in [-0.4, -0.2) is 20.3 Å². The molecule has 1 fully saturated rings. The van der Waals surface area contributed by atoms with E-state index in [0.29, 0.717) is 16.9 Å². The van der Waals surface area contributed by atoms with Gasteiger partial charge in [-0.1, -0.05) is 30.3 Å². The molecule has 6 rings (SSSR count). The summed E-state index contributed by atoms with van der Waals surface area (Å²) in [6.07, 6.45) is 6.00. The van der Waals surface area contributed by atoms with Gasteiger partial charge in [-0.2, -0.15) is 0 Å². The highest BCUT2D eigenvalue weighted by atomic mass is 32.1. The molecule has 0 spiro atoms. The number of benzene rings is 2. The van der Waals surface area contributed by atoms with E-state index in [0.717, 1.165) is 34.9 Å². The molecule has 1 aliphatic carbocycles. The van der Waals surface area contributed by atoms with Crippen molar-refractivity contribution in [3.05, 3.63) is 101 Å². The van der Waals surface area contributed by atoms with Crippen LogP contribution in [0.15, 0.2) is 84.5 Å². The molecule has 3 aromatic heterocycles. The lowest BCUT2D eigenvalue weighted by atomic mass is 9.95. The number of nitrogen functional groups attached to an aromatic ring is 1. The van der Waals surface area contributed by atoms with Gasteiger partial charge in [-0.3, -0.25) is 9.20 Å². The van der Waals surface area contributed by atoms with Gasteiger partial charge in [0.1, 0.15) is 10.7 Å². The molecule has 0 bridgehead atoms. The Balaban J connectivity index is 1.25. The number of amides is 1. The number of aromatic nitrogens is 3. The number of imidazole rings is 1. The molecule has 1 saturated carbocycles. The Morgan fingerprint density at radius 1 is 1.03 bits per heavy atom. The molecule has 0 radical (unpaired) electrons. The highest BCUT2D eigenvalue weighted by Gasteiger charge is 2.48. The van der Waals surface area contributed by atoms with E-state index in [9.17, 15) is 4.79 Å². The van der Waals surface area contributed by atoms with Crippen molar-refractivity contribution >= 4 is 34.3 Å². The standard InChI is InChI=1S/C26H21N5OS/c27-19-5-1-2-6-20(19)29-24(32)17-8-10-18(11-9-17)26(12-13-26)25-30-21(16-33-25)22-15-28-23-7-3-4-14-31(22)23/h1-11,14-16H,12-13,27H2,(H,29,32). The van der Waals surface area contributed by atoms with Crippen LogP contribution in [0.1, 0.15) is 33.8 Å². The number of nitrogens with one attached hydrogen (secondary N) is 1. The molecule has 2 aromatic carbocycles. The van der Waals surface area contributed by atoms with Gasteiger partial charge in [0.15, 0.2) is 0 Å². The molecule has 33 heavy (non-hydrogen) atoms. The van der Waals surface area contributed by atoms with Gasteiger partial charge >= 0.3 is 0 Å². The van der Waals surface area contributed by atoms with Crippen molar-refractivity contribution < 1.29 is 4.79 Å². The summed E-state index contributed by atoms with van der Waals surface area (Å²) in [5.41, 5.74) is 11.7. The van der Waals surface area contributed by atoms with Crippen molar-refractivity contribution in [3.8, 4) is 11.4 Å². The van der Waals surface area contributed by atoms with E-state index >= 15 is 0 Å². The van der Waals surface area contributed by atoms with Crippen molar-refractivity contribution in [2.24, 2.45) is 0 Å². The summed E-state index contributed by atoms with van der Waals surface area (Å²) < 4.78 is 2.06. The lowest BCUT2D eigenvalue weighted by Gasteiger charge is -2.14. The molecule has 0 unspecified atom stereocenters. The molecule has 5 aromatic rings. The monoisotopic (exact) mass is 451 g/mol. The molecule has 3 heterocycles. The zero-order chi connectivity index (χ0) is 22.4. The van der Waals surface area contributed by atoms with E-state index < -0.39 is 0 Å². The normalized spacial score (nSPS) is 14.3. The SMILES string of the molecule is Nc1ccccc1NC(=O)c1ccc(C2(c3nc(-c4cnc5ccccn45)cs3)CC2)cc1. The van der Waals surface area contributed by atoms with E-state index in [4.69, 9.17) is 10.7 Å². The van der Waals surface area contributed by atoms with Gasteiger partial charge in [-0.05, 0) is 54.8 Å². The lowest BCUT2D eigenvalue weighted by Crippen LogP contribution is -2.14. The fourth-order valence-corrected chi connectivity index (χ4v) is 5.33. The van der Waals surface area contributed by atoms with Gasteiger partial charge in [0.25, 0.3) is 5.91 Å². The van der Waals surface area contributed by atoms with Gasteiger partial charge in [-0.25, -0.2) is 9.97 Å². The van der Waals surface area contributed by atoms with Crippen LogP contribution in [0.3, 0.4) is 0 Å². The Morgan fingerprint density at radius 2 is 1.82 bits per heavy atom. The van der Waals surface area contributed by atoms with E-state index in [1.165, 1.54) is 5.56 Å². The zero-order valence-corrected chi connectivity index (χ0v) is 18.5. The number of carbonyl (C=O) groups excluding carboxylic acids is 1. The molecular weight excluding hydrogens is 430 g/mol. The second kappa shape index (κ2) is 7.56. The highest BCUT2D eigenvalue weighted by molar-refractivity contribution is 7.10. The number of para-hydroxylation sites is 2. The largest absolute Gasteiger partial charge is 0.397 e. The van der Waals surface area contributed by atoms with E-state index in [1.807, 2.05) is 67.0 Å². The quantitative estimate of drug-likeness (QED) is 0.352. The summed E-state index contributed by atoms with van der Waals surface area (Å²) >= 11 is 1.69. The minimum Gasteiger partial charge on any atom is -0.397 e. The maximum Gasteiger partial charge on any atom is 0.255 e. The number of rotatable bonds is 5. The minimum atomic E-state index is -0.173. The van der Waals surface area contributed by atoms with Crippen molar-refractivity contribution in [2.45, 2.75) is 18.3 Å². The summed E-state index contributed by atoms with van der Waals surface area (Å²) in [6.45, 7) is 0. The molecule has 1 aliphatic rings. The van der Waals surface area contributed by atoms with Crippen molar-refractivity contribution in [1.29, 1.82) is 0 Å². The van der Waals surface area contributed by atoms with E-state index in [-0.39, 0.29) is 11.3 Å². The molecule has 7 heteroatoms. The van der Waals surface area contributed by atoms with Crippen LogP contribution in [0.25, 0.3) is 17.0 Å². The summed E-state index contributed by atoms with van der Waals surface area (Å²) in [7, 11) is 0. The van der Waals surface area contributed by atoms with Crippen molar-refractivity contribution in [2.75, 3.05) is 11.1 Å². The summed E-state index contributed by atoms with van der Waals surface area (Å²) in [5.74, 6) is -0.173. The van der Waals surface area contributed by atoms with Crippen LogP contribution in [0, 0.1) is 0 Å². The van der Waals surface area contributed by atoms with E-state index in [2.05, 4.69) is 20.1 Å². The molecular formula is C26H21N5OS. The van der Waals surface area contributed by atoms with Crippen LogP contribution >= 0.6 is 11.3 Å². The molecule has 0 saturated heterocycles. The fourth-order valence-electron chi connectivity index (χ4n) is 4.23. The number of anilines is 2. The maximum absolute atomic E-state index is 12.7. The Bertz CT molecular complexity index is 1480. The van der Waals surface area contributed by atoms with E-state index in [1.54, 1.807) is 23.5 Å². The predicted molar refractivity (Wildman–Crippen MR) is 132 cm³/mol. The maximum atomic E-state index is 12.7. The average Bonchev–Trinajstić information content (AvgIpc) is 3.30. The summed E-state index contributed by atoms with van der Waals surface area (Å²) in [4.78, 5) is 22.2. The zero-order valence-electron chi connectivity index (χ0n) is 17.7. The van der Waals surface area contributed by atoms with Gasteiger partial charge in [0.2, 0.25) is 0 Å². The molecule has 0 atom stereocenters. The number of nitrogens with zero attached hydrogens (tertiary/aromatic N) is 3. The van der Waals surface area contributed by atoms with Gasteiger partial charge < -0.3 is 11.1 Å². The second-order valence-corrected chi connectivity index (χ2v) is 9.17. The number of hydrogen-bond donors (Lipinski definition) is 2. The fraction of sp³-hybridized carbons (Fsp3) is 0.115. The van der Waals surface area contributed by atoms with Crippen molar-refractivity contribution in [1.82, 2.24) is 14.4 Å². The number of fused-ring (bicyclic) bond motifs is 1.